The molecule has 0 spiro atoms. The van der Waals surface area contributed by atoms with Crippen molar-refractivity contribution >= 4 is 17.4 Å². The van der Waals surface area contributed by atoms with Crippen molar-refractivity contribution in [2.75, 3.05) is 5.73 Å². The predicted octanol–water partition coefficient (Wildman–Crippen LogP) is 3.05. The van der Waals surface area contributed by atoms with E-state index in [1.54, 1.807) is 11.8 Å². The summed E-state index contributed by atoms with van der Waals surface area (Å²) in [7, 11) is 0. The Morgan fingerprint density at radius 2 is 1.71 bits per heavy atom. The lowest BCUT2D eigenvalue weighted by Crippen LogP contribution is -1.86. The maximum atomic E-state index is 8.95. The zero-order valence-corrected chi connectivity index (χ0v) is 10.3. The third-order valence-corrected chi connectivity index (χ3v) is 3.53. The van der Waals surface area contributed by atoms with Gasteiger partial charge in [-0.2, -0.15) is 0 Å². The molecule has 3 N–H and O–H groups in total. The standard InChI is InChI=1S/C14H15NOS/c15-13-2-1-3-14(8-13)17-10-12-6-4-11(9-16)5-7-12/h1-8,16H,9-10,15H2. The van der Waals surface area contributed by atoms with Crippen molar-refractivity contribution in [3.8, 4) is 0 Å². The average Bonchev–Trinajstić information content (AvgIpc) is 2.37. The number of thioether (sulfide) groups is 1. The van der Waals surface area contributed by atoms with Crippen molar-refractivity contribution in [1.82, 2.24) is 0 Å². The number of aliphatic hydroxyl groups is 1. The number of benzene rings is 2. The second-order valence-corrected chi connectivity index (χ2v) is 4.88. The first-order valence-electron chi connectivity index (χ1n) is 5.45. The maximum Gasteiger partial charge on any atom is 0.0681 e. The summed E-state index contributed by atoms with van der Waals surface area (Å²) in [5.74, 6) is 0.912. The third-order valence-electron chi connectivity index (χ3n) is 2.47. The highest BCUT2D eigenvalue weighted by Gasteiger charge is 1.97. The zero-order chi connectivity index (χ0) is 12.1. The van der Waals surface area contributed by atoms with E-state index >= 15 is 0 Å². The highest BCUT2D eigenvalue weighted by molar-refractivity contribution is 7.98. The van der Waals surface area contributed by atoms with Crippen molar-refractivity contribution < 1.29 is 5.11 Å². The van der Waals surface area contributed by atoms with Gasteiger partial charge in [0.1, 0.15) is 0 Å². The lowest BCUT2D eigenvalue weighted by Gasteiger charge is -2.04. The van der Waals surface area contributed by atoms with E-state index in [1.165, 1.54) is 10.5 Å². The molecule has 0 bridgehead atoms. The number of nitrogen functional groups attached to an aromatic ring is 1. The van der Waals surface area contributed by atoms with Gasteiger partial charge >= 0.3 is 0 Å². The molecule has 0 fully saturated rings. The van der Waals surface area contributed by atoms with Crippen LogP contribution in [0.5, 0.6) is 0 Å². The van der Waals surface area contributed by atoms with Gasteiger partial charge in [0.2, 0.25) is 0 Å². The lowest BCUT2D eigenvalue weighted by atomic mass is 10.2. The van der Waals surface area contributed by atoms with E-state index in [9.17, 15) is 0 Å². The third kappa shape index (κ3) is 3.51. The Hall–Kier alpha value is -1.45. The van der Waals surface area contributed by atoms with Crippen molar-refractivity contribution in [2.45, 2.75) is 17.3 Å². The van der Waals surface area contributed by atoms with Crippen LogP contribution in [0.15, 0.2) is 53.4 Å². The molecule has 0 radical (unpaired) electrons. The smallest absolute Gasteiger partial charge is 0.0681 e. The Bertz CT molecular complexity index is 482. The minimum atomic E-state index is 0.0998. The van der Waals surface area contributed by atoms with Gasteiger partial charge in [-0.3, -0.25) is 0 Å². The number of hydrogen-bond acceptors (Lipinski definition) is 3. The molecule has 0 aliphatic heterocycles. The fourth-order valence-corrected chi connectivity index (χ4v) is 2.43. The second-order valence-electron chi connectivity index (χ2n) is 3.84. The normalized spacial score (nSPS) is 10.4. The number of aliphatic hydroxyl groups excluding tert-OH is 1. The molecule has 2 aromatic carbocycles. The summed E-state index contributed by atoms with van der Waals surface area (Å²) in [6.45, 7) is 0.0998. The Kier molecular flexibility index (Phi) is 4.07. The van der Waals surface area contributed by atoms with E-state index < -0.39 is 0 Å². The molecule has 2 aromatic rings. The van der Waals surface area contributed by atoms with Crippen molar-refractivity contribution in [2.24, 2.45) is 0 Å². The second kappa shape index (κ2) is 5.75. The molecule has 2 nitrogen and oxygen atoms in total. The monoisotopic (exact) mass is 245 g/mol. The van der Waals surface area contributed by atoms with E-state index in [-0.39, 0.29) is 6.61 Å². The average molecular weight is 245 g/mol. The van der Waals surface area contributed by atoms with Gasteiger partial charge in [0, 0.05) is 16.3 Å². The predicted molar refractivity (Wildman–Crippen MR) is 72.8 cm³/mol. The minimum Gasteiger partial charge on any atom is -0.399 e. The first-order valence-corrected chi connectivity index (χ1v) is 6.43. The summed E-state index contributed by atoms with van der Waals surface area (Å²) in [4.78, 5) is 1.18. The lowest BCUT2D eigenvalue weighted by molar-refractivity contribution is 0.282. The topological polar surface area (TPSA) is 46.2 Å². The van der Waals surface area contributed by atoms with E-state index in [0.29, 0.717) is 0 Å². The van der Waals surface area contributed by atoms with Gasteiger partial charge in [-0.15, -0.1) is 11.8 Å². The highest BCUT2D eigenvalue weighted by atomic mass is 32.2. The van der Waals surface area contributed by atoms with Gasteiger partial charge in [-0.05, 0) is 29.3 Å². The van der Waals surface area contributed by atoms with Gasteiger partial charge in [0.25, 0.3) is 0 Å². The van der Waals surface area contributed by atoms with Crippen LogP contribution in [-0.4, -0.2) is 5.11 Å². The molecule has 88 valence electrons. The minimum absolute atomic E-state index is 0.0998. The van der Waals surface area contributed by atoms with Gasteiger partial charge in [-0.25, -0.2) is 0 Å². The first-order chi connectivity index (χ1) is 8.28. The summed E-state index contributed by atoms with van der Waals surface area (Å²) in [5.41, 5.74) is 8.71. The summed E-state index contributed by atoms with van der Waals surface area (Å²) in [6.07, 6.45) is 0. The Balaban J connectivity index is 1.97. The van der Waals surface area contributed by atoms with Gasteiger partial charge < -0.3 is 10.8 Å². The molecular weight excluding hydrogens is 230 g/mol. The van der Waals surface area contributed by atoms with Crippen LogP contribution in [0, 0.1) is 0 Å². The van der Waals surface area contributed by atoms with Crippen molar-refractivity contribution in [3.05, 3.63) is 59.7 Å². The Morgan fingerprint density at radius 3 is 2.35 bits per heavy atom. The fraction of sp³-hybridized carbons (Fsp3) is 0.143. The fourth-order valence-electron chi connectivity index (χ4n) is 1.51. The molecule has 0 saturated heterocycles. The van der Waals surface area contributed by atoms with Crippen LogP contribution in [0.2, 0.25) is 0 Å². The van der Waals surface area contributed by atoms with Crippen LogP contribution in [-0.2, 0) is 12.4 Å². The molecule has 0 amide bonds. The molecule has 17 heavy (non-hydrogen) atoms. The summed E-state index contributed by atoms with van der Waals surface area (Å²) in [5, 5.41) is 8.95. The van der Waals surface area contributed by atoms with E-state index in [2.05, 4.69) is 6.07 Å². The molecule has 0 atom stereocenters. The Morgan fingerprint density at radius 1 is 1.00 bits per heavy atom. The van der Waals surface area contributed by atoms with Gasteiger partial charge in [0.15, 0.2) is 0 Å². The zero-order valence-electron chi connectivity index (χ0n) is 9.47. The summed E-state index contributed by atoms with van der Waals surface area (Å²) < 4.78 is 0. The van der Waals surface area contributed by atoms with Crippen LogP contribution in [0.25, 0.3) is 0 Å². The van der Waals surface area contributed by atoms with Gasteiger partial charge in [0.05, 0.1) is 6.61 Å². The molecule has 0 aromatic heterocycles. The summed E-state index contributed by atoms with van der Waals surface area (Å²) >= 11 is 1.76. The molecule has 0 unspecified atom stereocenters. The number of rotatable bonds is 4. The Labute approximate surface area is 105 Å². The highest BCUT2D eigenvalue weighted by Crippen LogP contribution is 2.24. The van der Waals surface area contributed by atoms with Gasteiger partial charge in [-0.1, -0.05) is 30.3 Å². The largest absolute Gasteiger partial charge is 0.399 e. The maximum absolute atomic E-state index is 8.95. The van der Waals surface area contributed by atoms with Crippen LogP contribution >= 0.6 is 11.8 Å². The van der Waals surface area contributed by atoms with Crippen LogP contribution in [0.1, 0.15) is 11.1 Å². The SMILES string of the molecule is Nc1cccc(SCc2ccc(CO)cc2)c1. The van der Waals surface area contributed by atoms with Crippen LogP contribution < -0.4 is 5.73 Å². The number of anilines is 1. The quantitative estimate of drug-likeness (QED) is 0.643. The first kappa shape index (κ1) is 12.0. The van der Waals surface area contributed by atoms with Crippen molar-refractivity contribution in [1.29, 1.82) is 0 Å². The molecule has 2 rings (SSSR count). The van der Waals surface area contributed by atoms with E-state index in [1.807, 2.05) is 42.5 Å². The molecule has 3 heteroatoms. The molecule has 0 aliphatic carbocycles. The number of hydrogen-bond donors (Lipinski definition) is 2. The molecular formula is C14H15NOS. The van der Waals surface area contributed by atoms with E-state index in [4.69, 9.17) is 10.8 Å². The number of nitrogens with two attached hydrogens (primary N) is 1. The molecule has 0 heterocycles. The summed E-state index contributed by atoms with van der Waals surface area (Å²) in [6, 6.07) is 15.9. The van der Waals surface area contributed by atoms with Crippen LogP contribution in [0.3, 0.4) is 0 Å². The van der Waals surface area contributed by atoms with Crippen molar-refractivity contribution in [3.63, 3.8) is 0 Å². The molecule has 0 aliphatic rings. The van der Waals surface area contributed by atoms with E-state index in [0.717, 1.165) is 17.0 Å². The molecule has 0 saturated carbocycles. The van der Waals surface area contributed by atoms with Crippen LogP contribution in [0.4, 0.5) is 5.69 Å².